The first kappa shape index (κ1) is 16.0. The summed E-state index contributed by atoms with van der Waals surface area (Å²) in [5, 5.41) is 4.57. The highest BCUT2D eigenvalue weighted by Gasteiger charge is 2.10. The smallest absolute Gasteiger partial charge is 0.256 e. The number of nitrogens with one attached hydrogen (secondary N) is 2. The van der Waals surface area contributed by atoms with Gasteiger partial charge in [-0.05, 0) is 35.2 Å². The van der Waals surface area contributed by atoms with Crippen molar-refractivity contribution in [2.24, 2.45) is 0 Å². The topological polar surface area (TPSA) is 62.0 Å². The Balaban J connectivity index is 1.69. The Morgan fingerprint density at radius 3 is 2.50 bits per heavy atom. The summed E-state index contributed by atoms with van der Waals surface area (Å²) in [6.07, 6.45) is 0. The van der Waals surface area contributed by atoms with Gasteiger partial charge in [0.25, 0.3) is 11.5 Å². The Morgan fingerprint density at radius 1 is 0.923 bits per heavy atom. The molecule has 3 aromatic carbocycles. The zero-order valence-electron chi connectivity index (χ0n) is 13.8. The summed E-state index contributed by atoms with van der Waals surface area (Å²) in [4.78, 5) is 27.3. The van der Waals surface area contributed by atoms with Gasteiger partial charge in [-0.3, -0.25) is 9.59 Å². The molecule has 1 heterocycles. The summed E-state index contributed by atoms with van der Waals surface area (Å²) >= 11 is 0. The molecule has 0 aliphatic carbocycles. The van der Waals surface area contributed by atoms with Crippen molar-refractivity contribution in [1.29, 1.82) is 0 Å². The number of hydrogen-bond acceptors (Lipinski definition) is 2. The standard InChI is InChI=1S/C21H15FN2O2/c22-15-7-9-16-17-8-6-14(10-19(17)24-21(26)18(16)11-15)20(25)23-12-13-4-2-1-3-5-13/h1-11H,12H2,(H,23,25)(H,24,26). The number of aromatic amines is 1. The van der Waals surface area contributed by atoms with Crippen molar-refractivity contribution in [3.8, 4) is 0 Å². The maximum atomic E-state index is 13.4. The molecule has 4 rings (SSSR count). The van der Waals surface area contributed by atoms with Crippen LogP contribution >= 0.6 is 0 Å². The molecule has 4 aromatic rings. The Labute approximate surface area is 148 Å². The van der Waals surface area contributed by atoms with Crippen LogP contribution in [0.1, 0.15) is 15.9 Å². The number of rotatable bonds is 3. The maximum Gasteiger partial charge on any atom is 0.256 e. The van der Waals surface area contributed by atoms with Crippen LogP contribution in [0.4, 0.5) is 4.39 Å². The zero-order chi connectivity index (χ0) is 18.1. The fraction of sp³-hybridized carbons (Fsp3) is 0.0476. The van der Waals surface area contributed by atoms with E-state index in [4.69, 9.17) is 0 Å². The van der Waals surface area contributed by atoms with Gasteiger partial charge in [0.2, 0.25) is 0 Å². The quantitative estimate of drug-likeness (QED) is 0.555. The average molecular weight is 346 g/mol. The largest absolute Gasteiger partial charge is 0.348 e. The lowest BCUT2D eigenvalue weighted by atomic mass is 10.0. The van der Waals surface area contributed by atoms with Crippen LogP contribution < -0.4 is 10.9 Å². The Bertz CT molecular complexity index is 1180. The third kappa shape index (κ3) is 2.95. The first-order chi connectivity index (χ1) is 12.6. The first-order valence-electron chi connectivity index (χ1n) is 8.19. The van der Waals surface area contributed by atoms with Crippen LogP contribution in [-0.2, 0) is 6.54 Å². The second-order valence-corrected chi connectivity index (χ2v) is 6.07. The van der Waals surface area contributed by atoms with Gasteiger partial charge in [-0.25, -0.2) is 4.39 Å². The van der Waals surface area contributed by atoms with Crippen LogP contribution in [0, 0.1) is 5.82 Å². The summed E-state index contributed by atoms with van der Waals surface area (Å²) in [5.41, 5.74) is 1.61. The Morgan fingerprint density at radius 2 is 1.69 bits per heavy atom. The summed E-state index contributed by atoms with van der Waals surface area (Å²) < 4.78 is 13.4. The van der Waals surface area contributed by atoms with Gasteiger partial charge in [0.05, 0.1) is 5.39 Å². The van der Waals surface area contributed by atoms with Crippen molar-refractivity contribution in [2.75, 3.05) is 0 Å². The molecule has 0 atom stereocenters. The minimum Gasteiger partial charge on any atom is -0.348 e. The SMILES string of the molecule is O=C(NCc1ccccc1)c1ccc2c(c1)[nH]c(=O)c1cc(F)ccc12. The van der Waals surface area contributed by atoms with Gasteiger partial charge in [-0.2, -0.15) is 0 Å². The van der Waals surface area contributed by atoms with E-state index in [2.05, 4.69) is 10.3 Å². The maximum absolute atomic E-state index is 13.4. The average Bonchev–Trinajstić information content (AvgIpc) is 2.67. The molecule has 0 unspecified atom stereocenters. The fourth-order valence-electron chi connectivity index (χ4n) is 3.03. The summed E-state index contributed by atoms with van der Waals surface area (Å²) in [7, 11) is 0. The number of hydrogen-bond donors (Lipinski definition) is 2. The molecular weight excluding hydrogens is 331 g/mol. The van der Waals surface area contributed by atoms with Crippen molar-refractivity contribution in [3.63, 3.8) is 0 Å². The van der Waals surface area contributed by atoms with Crippen LogP contribution in [0.25, 0.3) is 21.7 Å². The van der Waals surface area contributed by atoms with E-state index in [9.17, 15) is 14.0 Å². The van der Waals surface area contributed by atoms with Gasteiger partial charge >= 0.3 is 0 Å². The fourth-order valence-corrected chi connectivity index (χ4v) is 3.03. The number of fused-ring (bicyclic) bond motifs is 3. The van der Waals surface area contributed by atoms with E-state index in [-0.39, 0.29) is 11.5 Å². The first-order valence-corrected chi connectivity index (χ1v) is 8.19. The van der Waals surface area contributed by atoms with E-state index >= 15 is 0 Å². The molecule has 0 aliphatic rings. The highest BCUT2D eigenvalue weighted by molar-refractivity contribution is 6.07. The molecular formula is C21H15FN2O2. The molecule has 0 fully saturated rings. The molecule has 0 spiro atoms. The molecule has 128 valence electrons. The molecule has 2 N–H and O–H groups in total. The number of H-pyrrole nitrogens is 1. The molecule has 1 amide bonds. The molecule has 0 bridgehead atoms. The number of aromatic nitrogens is 1. The lowest BCUT2D eigenvalue weighted by molar-refractivity contribution is 0.0951. The van der Waals surface area contributed by atoms with Crippen LogP contribution in [-0.4, -0.2) is 10.9 Å². The van der Waals surface area contributed by atoms with Gasteiger partial charge in [-0.1, -0.05) is 42.5 Å². The Hall–Kier alpha value is -3.47. The monoisotopic (exact) mass is 346 g/mol. The predicted molar refractivity (Wildman–Crippen MR) is 99.6 cm³/mol. The van der Waals surface area contributed by atoms with Gasteiger partial charge < -0.3 is 10.3 Å². The molecule has 0 aliphatic heterocycles. The second-order valence-electron chi connectivity index (χ2n) is 6.07. The van der Waals surface area contributed by atoms with E-state index in [0.717, 1.165) is 10.9 Å². The third-order valence-corrected chi connectivity index (χ3v) is 4.34. The molecule has 5 heteroatoms. The van der Waals surface area contributed by atoms with Crippen LogP contribution in [0.3, 0.4) is 0 Å². The lowest BCUT2D eigenvalue weighted by Crippen LogP contribution is -2.22. The summed E-state index contributed by atoms with van der Waals surface area (Å²) in [6, 6.07) is 18.8. The van der Waals surface area contributed by atoms with Crippen molar-refractivity contribution < 1.29 is 9.18 Å². The van der Waals surface area contributed by atoms with Crippen molar-refractivity contribution in [3.05, 3.63) is 94.0 Å². The number of benzene rings is 3. The van der Waals surface area contributed by atoms with Crippen molar-refractivity contribution in [2.45, 2.75) is 6.54 Å². The van der Waals surface area contributed by atoms with E-state index < -0.39 is 5.82 Å². The van der Waals surface area contributed by atoms with Crippen LogP contribution in [0.2, 0.25) is 0 Å². The molecule has 0 saturated carbocycles. The Kier molecular flexibility index (Phi) is 3.97. The van der Waals surface area contributed by atoms with Gasteiger partial charge in [-0.15, -0.1) is 0 Å². The van der Waals surface area contributed by atoms with E-state index in [1.165, 1.54) is 12.1 Å². The third-order valence-electron chi connectivity index (χ3n) is 4.34. The molecule has 26 heavy (non-hydrogen) atoms. The molecule has 1 aromatic heterocycles. The minimum atomic E-state index is -0.459. The van der Waals surface area contributed by atoms with Crippen LogP contribution in [0.15, 0.2) is 71.5 Å². The van der Waals surface area contributed by atoms with E-state index in [1.807, 2.05) is 30.3 Å². The summed E-state index contributed by atoms with van der Waals surface area (Å²) in [5.74, 6) is -0.685. The minimum absolute atomic E-state index is 0.226. The number of pyridine rings is 1. The molecule has 4 nitrogen and oxygen atoms in total. The number of carbonyl (C=O) groups is 1. The predicted octanol–water partition coefficient (Wildman–Crippen LogP) is 3.75. The lowest BCUT2D eigenvalue weighted by Gasteiger charge is -2.08. The van der Waals surface area contributed by atoms with E-state index in [1.54, 1.807) is 24.3 Å². The summed E-state index contributed by atoms with van der Waals surface area (Å²) in [6.45, 7) is 0.422. The van der Waals surface area contributed by atoms with Crippen LogP contribution in [0.5, 0.6) is 0 Å². The van der Waals surface area contributed by atoms with E-state index in [0.29, 0.717) is 28.4 Å². The highest BCUT2D eigenvalue weighted by atomic mass is 19.1. The highest BCUT2D eigenvalue weighted by Crippen LogP contribution is 2.22. The second kappa shape index (κ2) is 6.44. The van der Waals surface area contributed by atoms with Crippen molar-refractivity contribution >= 4 is 27.6 Å². The zero-order valence-corrected chi connectivity index (χ0v) is 13.8. The number of amides is 1. The van der Waals surface area contributed by atoms with Gasteiger partial charge in [0, 0.05) is 23.0 Å². The molecule has 0 saturated heterocycles. The normalized spacial score (nSPS) is 11.0. The number of halogens is 1. The van der Waals surface area contributed by atoms with Crippen molar-refractivity contribution in [1.82, 2.24) is 10.3 Å². The van der Waals surface area contributed by atoms with Gasteiger partial charge in [0.15, 0.2) is 0 Å². The molecule has 0 radical (unpaired) electrons. The number of carbonyl (C=O) groups excluding carboxylic acids is 1. The van der Waals surface area contributed by atoms with Gasteiger partial charge in [0.1, 0.15) is 5.82 Å².